The molecule has 0 fully saturated rings. The van der Waals surface area contributed by atoms with E-state index in [-0.39, 0.29) is 36.0 Å². The van der Waals surface area contributed by atoms with Gasteiger partial charge in [-0.3, -0.25) is 0 Å². The van der Waals surface area contributed by atoms with Crippen molar-refractivity contribution in [3.63, 3.8) is 0 Å². The van der Waals surface area contributed by atoms with Gasteiger partial charge in [-0.05, 0) is 35.9 Å². The zero-order valence-corrected chi connectivity index (χ0v) is 17.8. The Hall–Kier alpha value is -2.82. The molecular formula is C19H20ClFN4O4S. The predicted molar refractivity (Wildman–Crippen MR) is 113 cm³/mol. The molecule has 8 nitrogen and oxygen atoms in total. The van der Waals surface area contributed by atoms with Gasteiger partial charge in [0.2, 0.25) is 0 Å². The first-order chi connectivity index (χ1) is 13.7. The summed E-state index contributed by atoms with van der Waals surface area (Å²) >= 11 is 0. The fourth-order valence-corrected chi connectivity index (χ4v) is 3.54. The number of hydrogen-bond acceptors (Lipinski definition) is 7. The lowest BCUT2D eigenvalue weighted by molar-refractivity contribution is 0.0601. The summed E-state index contributed by atoms with van der Waals surface area (Å²) in [5.74, 6) is -1.10. The van der Waals surface area contributed by atoms with E-state index in [1.807, 2.05) is 0 Å². The van der Waals surface area contributed by atoms with Crippen LogP contribution in [0.4, 0.5) is 4.39 Å². The summed E-state index contributed by atoms with van der Waals surface area (Å²) in [7, 11) is -2.19. The Morgan fingerprint density at radius 2 is 2.03 bits per heavy atom. The molecule has 2 aromatic carbocycles. The van der Waals surface area contributed by atoms with Gasteiger partial charge in [-0.15, -0.1) is 17.5 Å². The molecule has 0 amide bonds. The minimum atomic E-state index is -3.44. The van der Waals surface area contributed by atoms with Crippen LogP contribution in [0.5, 0.6) is 0 Å². The number of carbonyl (C=O) groups excluding carboxylic acids is 1. The Morgan fingerprint density at radius 1 is 1.30 bits per heavy atom. The maximum Gasteiger partial charge on any atom is 0.337 e. The van der Waals surface area contributed by atoms with Crippen LogP contribution >= 0.6 is 12.4 Å². The minimum absolute atomic E-state index is 0. The average molecular weight is 455 g/mol. The van der Waals surface area contributed by atoms with Gasteiger partial charge in [0.15, 0.2) is 9.84 Å². The van der Waals surface area contributed by atoms with Gasteiger partial charge in [0.25, 0.3) is 0 Å². The van der Waals surface area contributed by atoms with Crippen molar-refractivity contribution in [3.05, 3.63) is 53.9 Å². The Labute approximate surface area is 178 Å². The van der Waals surface area contributed by atoms with Crippen LogP contribution in [0.2, 0.25) is 0 Å². The normalized spacial score (nSPS) is 11.9. The second-order valence-electron chi connectivity index (χ2n) is 6.32. The summed E-state index contributed by atoms with van der Waals surface area (Å²) in [5.41, 5.74) is 7.32. The second kappa shape index (κ2) is 9.33. The first-order valence-corrected chi connectivity index (χ1v) is 10.4. The molecule has 0 aliphatic carbocycles. The molecule has 1 heterocycles. The number of ether oxygens (including phenoxy) is 1. The van der Waals surface area contributed by atoms with Crippen molar-refractivity contribution in [3.8, 4) is 11.1 Å². The lowest BCUT2D eigenvalue weighted by Crippen LogP contribution is -2.05. The molecule has 30 heavy (non-hydrogen) atoms. The SMILES string of the molecule is COC(=O)c1cc(-c2cccc(S(C)(=O)=O)c2)c2nnn(C/C(F)=C/CN)c2c1.Cl. The molecule has 0 unspecified atom stereocenters. The molecule has 3 aromatic rings. The fraction of sp³-hybridized carbons (Fsp3) is 0.211. The van der Waals surface area contributed by atoms with E-state index < -0.39 is 21.6 Å². The van der Waals surface area contributed by atoms with Gasteiger partial charge in [0, 0.05) is 18.4 Å². The standard InChI is InChI=1S/C19H19FN4O4S.ClH/c1-28-19(25)13-9-16(12-4-3-5-15(8-12)29(2,26)27)18-17(10-13)24(23-22-18)11-14(20)6-7-21;/h3-6,8-10H,7,11,21H2,1-2H3;1H/b14-6-;. The number of sulfone groups is 1. The maximum absolute atomic E-state index is 14.0. The molecule has 0 aliphatic rings. The van der Waals surface area contributed by atoms with Crippen LogP contribution in [0.25, 0.3) is 22.2 Å². The molecule has 3 rings (SSSR count). The summed E-state index contributed by atoms with van der Waals surface area (Å²) < 4.78 is 43.9. The molecule has 0 radical (unpaired) electrons. The third-order valence-electron chi connectivity index (χ3n) is 4.26. The second-order valence-corrected chi connectivity index (χ2v) is 8.33. The molecule has 11 heteroatoms. The van der Waals surface area contributed by atoms with Crippen LogP contribution in [0.15, 0.2) is 53.2 Å². The Kier molecular flexibility index (Phi) is 7.30. The monoisotopic (exact) mass is 454 g/mol. The number of methoxy groups -OCH3 is 1. The molecular weight excluding hydrogens is 435 g/mol. The number of esters is 1. The van der Waals surface area contributed by atoms with Crippen molar-refractivity contribution in [1.29, 1.82) is 0 Å². The highest BCUT2D eigenvalue weighted by molar-refractivity contribution is 7.90. The van der Waals surface area contributed by atoms with E-state index in [1.54, 1.807) is 18.2 Å². The summed E-state index contributed by atoms with van der Waals surface area (Å²) in [4.78, 5) is 12.3. The van der Waals surface area contributed by atoms with E-state index in [2.05, 4.69) is 10.3 Å². The quantitative estimate of drug-likeness (QED) is 0.568. The summed E-state index contributed by atoms with van der Waals surface area (Å²) in [6, 6.07) is 9.29. The first kappa shape index (κ1) is 23.5. The van der Waals surface area contributed by atoms with E-state index >= 15 is 0 Å². The van der Waals surface area contributed by atoms with Crippen LogP contribution in [-0.2, 0) is 21.1 Å². The molecule has 0 bridgehead atoms. The van der Waals surface area contributed by atoms with E-state index in [0.717, 1.165) is 6.26 Å². The van der Waals surface area contributed by atoms with Gasteiger partial charge in [-0.25, -0.2) is 22.3 Å². The number of nitrogens with zero attached hydrogens (tertiary/aromatic N) is 3. The topological polar surface area (TPSA) is 117 Å². The number of carbonyl (C=O) groups is 1. The van der Waals surface area contributed by atoms with Crippen molar-refractivity contribution in [2.45, 2.75) is 11.4 Å². The molecule has 1 aromatic heterocycles. The summed E-state index contributed by atoms with van der Waals surface area (Å²) in [6.07, 6.45) is 2.32. The highest BCUT2D eigenvalue weighted by atomic mass is 35.5. The number of benzene rings is 2. The summed E-state index contributed by atoms with van der Waals surface area (Å²) in [6.45, 7) is -0.170. The van der Waals surface area contributed by atoms with Gasteiger partial charge >= 0.3 is 5.97 Å². The number of halogens is 2. The lowest BCUT2D eigenvalue weighted by Gasteiger charge is -2.09. The largest absolute Gasteiger partial charge is 0.465 e. The van der Waals surface area contributed by atoms with Crippen LogP contribution < -0.4 is 5.73 Å². The number of aromatic nitrogens is 3. The molecule has 0 spiro atoms. The molecule has 0 aliphatic heterocycles. The molecule has 0 saturated carbocycles. The molecule has 2 N–H and O–H groups in total. The number of allylic oxidation sites excluding steroid dienone is 1. The van der Waals surface area contributed by atoms with Gasteiger partial charge in [0.05, 0.1) is 29.6 Å². The van der Waals surface area contributed by atoms with E-state index in [4.69, 9.17) is 10.5 Å². The summed E-state index contributed by atoms with van der Waals surface area (Å²) in [5, 5.41) is 8.09. The Morgan fingerprint density at radius 3 is 2.67 bits per heavy atom. The van der Waals surface area contributed by atoms with Crippen molar-refractivity contribution in [2.24, 2.45) is 5.73 Å². The van der Waals surface area contributed by atoms with Gasteiger partial charge in [-0.1, -0.05) is 17.3 Å². The smallest absolute Gasteiger partial charge is 0.337 e. The highest BCUT2D eigenvalue weighted by Gasteiger charge is 2.18. The lowest BCUT2D eigenvalue weighted by atomic mass is 10.0. The highest BCUT2D eigenvalue weighted by Crippen LogP contribution is 2.31. The van der Waals surface area contributed by atoms with Crippen molar-refractivity contribution < 1.29 is 22.3 Å². The average Bonchev–Trinajstić information content (AvgIpc) is 3.09. The van der Waals surface area contributed by atoms with Crippen LogP contribution in [-0.4, -0.2) is 49.3 Å². The fourth-order valence-electron chi connectivity index (χ4n) is 2.87. The first-order valence-electron chi connectivity index (χ1n) is 8.55. The zero-order valence-electron chi connectivity index (χ0n) is 16.2. The van der Waals surface area contributed by atoms with E-state index in [1.165, 1.54) is 36.1 Å². The van der Waals surface area contributed by atoms with E-state index in [0.29, 0.717) is 22.2 Å². The maximum atomic E-state index is 14.0. The van der Waals surface area contributed by atoms with Crippen LogP contribution in [0.3, 0.4) is 0 Å². The van der Waals surface area contributed by atoms with E-state index in [9.17, 15) is 17.6 Å². The molecule has 160 valence electrons. The third-order valence-corrected chi connectivity index (χ3v) is 5.37. The van der Waals surface area contributed by atoms with Crippen LogP contribution in [0.1, 0.15) is 10.4 Å². The van der Waals surface area contributed by atoms with Gasteiger partial charge < -0.3 is 10.5 Å². The van der Waals surface area contributed by atoms with Crippen LogP contribution in [0, 0.1) is 0 Å². The number of hydrogen-bond donors (Lipinski definition) is 1. The number of rotatable bonds is 6. The molecule has 0 atom stereocenters. The molecule has 0 saturated heterocycles. The number of fused-ring (bicyclic) bond motifs is 1. The van der Waals surface area contributed by atoms with Crippen molar-refractivity contribution in [2.75, 3.05) is 19.9 Å². The van der Waals surface area contributed by atoms with Gasteiger partial charge in [0.1, 0.15) is 11.3 Å². The third kappa shape index (κ3) is 4.84. The van der Waals surface area contributed by atoms with Crippen molar-refractivity contribution in [1.82, 2.24) is 15.0 Å². The minimum Gasteiger partial charge on any atom is -0.465 e. The Balaban J connectivity index is 0.00000320. The predicted octanol–water partition coefficient (Wildman–Crippen LogP) is 2.52. The van der Waals surface area contributed by atoms with Gasteiger partial charge in [-0.2, -0.15) is 0 Å². The van der Waals surface area contributed by atoms with Crippen molar-refractivity contribution >= 4 is 39.2 Å². The number of nitrogens with two attached hydrogens (primary N) is 1. The Bertz CT molecular complexity index is 1220. The zero-order chi connectivity index (χ0) is 21.2.